The summed E-state index contributed by atoms with van der Waals surface area (Å²) in [7, 11) is 1.71. The zero-order valence-electron chi connectivity index (χ0n) is 13.2. The normalized spacial score (nSPS) is 17.2. The van der Waals surface area contributed by atoms with Gasteiger partial charge in [-0.3, -0.25) is 4.79 Å². The third-order valence-electron chi connectivity index (χ3n) is 4.23. The zero-order valence-corrected chi connectivity index (χ0v) is 13.2. The average Bonchev–Trinajstić information content (AvgIpc) is 2.46. The van der Waals surface area contributed by atoms with E-state index in [0.717, 1.165) is 38.5 Å². The molecule has 2 amide bonds. The van der Waals surface area contributed by atoms with Gasteiger partial charge in [0.1, 0.15) is 0 Å². The molecule has 1 fully saturated rings. The molecule has 6 heteroatoms. The Balaban J connectivity index is 2.52. The van der Waals surface area contributed by atoms with Gasteiger partial charge in [-0.2, -0.15) is 0 Å². The summed E-state index contributed by atoms with van der Waals surface area (Å²) < 4.78 is 5.22. The number of carboxylic acids is 1. The molecule has 21 heavy (non-hydrogen) atoms. The number of hydrogen-bond donors (Lipinski definition) is 2. The number of aliphatic carboxylic acids is 1. The van der Waals surface area contributed by atoms with Gasteiger partial charge in [0.2, 0.25) is 0 Å². The molecule has 1 aliphatic carbocycles. The minimum Gasteiger partial charge on any atom is -0.481 e. The Kier molecular flexibility index (Phi) is 7.50. The highest BCUT2D eigenvalue weighted by Gasteiger charge is 2.40. The van der Waals surface area contributed by atoms with Crippen LogP contribution in [0.1, 0.15) is 51.9 Å². The van der Waals surface area contributed by atoms with Gasteiger partial charge in [-0.1, -0.05) is 19.3 Å². The monoisotopic (exact) mass is 300 g/mol. The Bertz CT molecular complexity index is 341. The summed E-state index contributed by atoms with van der Waals surface area (Å²) in [4.78, 5) is 25.0. The van der Waals surface area contributed by atoms with Gasteiger partial charge in [0.05, 0.1) is 12.0 Å². The molecular formula is C15H28N2O4. The van der Waals surface area contributed by atoms with Crippen molar-refractivity contribution >= 4 is 12.0 Å². The molecule has 1 saturated carbocycles. The number of carbonyl (C=O) groups is 2. The Morgan fingerprint density at radius 2 is 1.95 bits per heavy atom. The number of nitrogens with one attached hydrogen (secondary N) is 1. The first kappa shape index (κ1) is 17.8. The molecule has 0 aromatic rings. The number of rotatable bonds is 8. The first-order chi connectivity index (χ1) is 10.0. The lowest BCUT2D eigenvalue weighted by atomic mass is 9.78. The van der Waals surface area contributed by atoms with Crippen LogP contribution in [0.2, 0.25) is 0 Å². The number of ether oxygens (including phenoxy) is 1. The number of urea groups is 1. The van der Waals surface area contributed by atoms with E-state index >= 15 is 0 Å². The fourth-order valence-electron chi connectivity index (χ4n) is 2.97. The first-order valence-corrected chi connectivity index (χ1v) is 7.83. The van der Waals surface area contributed by atoms with Crippen LogP contribution in [0, 0.1) is 0 Å². The van der Waals surface area contributed by atoms with Crippen LogP contribution >= 0.6 is 0 Å². The summed E-state index contributed by atoms with van der Waals surface area (Å²) in [5.41, 5.74) is -0.534. The number of carbonyl (C=O) groups excluding carboxylic acids is 1. The Hall–Kier alpha value is -1.30. The van der Waals surface area contributed by atoms with Crippen molar-refractivity contribution in [3.63, 3.8) is 0 Å². The van der Waals surface area contributed by atoms with E-state index in [1.165, 1.54) is 0 Å². The van der Waals surface area contributed by atoms with E-state index in [9.17, 15) is 9.59 Å². The van der Waals surface area contributed by atoms with Gasteiger partial charge in [-0.25, -0.2) is 4.79 Å². The van der Waals surface area contributed by atoms with Crippen LogP contribution in [0.25, 0.3) is 0 Å². The van der Waals surface area contributed by atoms with E-state index in [1.807, 2.05) is 6.92 Å². The third-order valence-corrected chi connectivity index (χ3v) is 4.23. The first-order valence-electron chi connectivity index (χ1n) is 7.83. The summed E-state index contributed by atoms with van der Waals surface area (Å²) >= 11 is 0. The van der Waals surface area contributed by atoms with Crippen molar-refractivity contribution in [3.8, 4) is 0 Å². The molecule has 0 atom stereocenters. The second-order valence-corrected chi connectivity index (χ2v) is 5.70. The Labute approximate surface area is 126 Å². The van der Waals surface area contributed by atoms with E-state index in [2.05, 4.69) is 5.32 Å². The second-order valence-electron chi connectivity index (χ2n) is 5.70. The van der Waals surface area contributed by atoms with E-state index in [1.54, 1.807) is 11.9 Å². The quantitative estimate of drug-likeness (QED) is 0.674. The van der Waals surface area contributed by atoms with Gasteiger partial charge in [0.25, 0.3) is 0 Å². The van der Waals surface area contributed by atoms with Crippen LogP contribution in [-0.4, -0.2) is 54.4 Å². The number of hydrogen-bond acceptors (Lipinski definition) is 3. The van der Waals surface area contributed by atoms with Crippen LogP contribution in [0.15, 0.2) is 0 Å². The molecule has 0 bridgehead atoms. The molecule has 1 rings (SSSR count). The minimum absolute atomic E-state index is 0.0237. The topological polar surface area (TPSA) is 78.9 Å². The zero-order chi connectivity index (χ0) is 15.7. The Morgan fingerprint density at radius 3 is 2.52 bits per heavy atom. The molecule has 0 aliphatic heterocycles. The molecule has 0 spiro atoms. The lowest BCUT2D eigenvalue weighted by Gasteiger charge is -2.43. The second kappa shape index (κ2) is 8.87. The summed E-state index contributed by atoms with van der Waals surface area (Å²) in [6.07, 6.45) is 5.40. The van der Waals surface area contributed by atoms with E-state index in [4.69, 9.17) is 9.84 Å². The number of amides is 2. The summed E-state index contributed by atoms with van der Waals surface area (Å²) in [6.45, 7) is 3.79. The molecule has 6 nitrogen and oxygen atoms in total. The van der Waals surface area contributed by atoms with Crippen molar-refractivity contribution < 1.29 is 19.4 Å². The molecule has 0 aromatic heterocycles. The van der Waals surface area contributed by atoms with Gasteiger partial charge in [-0.05, 0) is 26.2 Å². The minimum atomic E-state index is -0.840. The SMILES string of the molecule is CCOCCCNC(=O)N(C)C1(CC(=O)O)CCCCC1. The lowest BCUT2D eigenvalue weighted by molar-refractivity contribution is -0.140. The van der Waals surface area contributed by atoms with E-state index < -0.39 is 11.5 Å². The fourth-order valence-corrected chi connectivity index (χ4v) is 2.97. The van der Waals surface area contributed by atoms with Gasteiger partial charge < -0.3 is 20.1 Å². The van der Waals surface area contributed by atoms with Gasteiger partial charge >= 0.3 is 12.0 Å². The third kappa shape index (κ3) is 5.53. The van der Waals surface area contributed by atoms with Gasteiger partial charge in [0.15, 0.2) is 0 Å². The van der Waals surface area contributed by atoms with Crippen molar-refractivity contribution in [1.82, 2.24) is 10.2 Å². The molecular weight excluding hydrogens is 272 g/mol. The predicted octanol–water partition coefficient (Wildman–Crippen LogP) is 2.23. The van der Waals surface area contributed by atoms with Crippen molar-refractivity contribution in [3.05, 3.63) is 0 Å². The maximum atomic E-state index is 12.2. The van der Waals surface area contributed by atoms with Crippen LogP contribution in [0.5, 0.6) is 0 Å². The number of nitrogens with zero attached hydrogens (tertiary/aromatic N) is 1. The van der Waals surface area contributed by atoms with Crippen molar-refractivity contribution in [1.29, 1.82) is 0 Å². The van der Waals surface area contributed by atoms with Crippen LogP contribution in [0.3, 0.4) is 0 Å². The highest BCUT2D eigenvalue weighted by molar-refractivity contribution is 5.76. The highest BCUT2D eigenvalue weighted by atomic mass is 16.5. The summed E-state index contributed by atoms with van der Waals surface area (Å²) in [6, 6.07) is -0.186. The van der Waals surface area contributed by atoms with Crippen molar-refractivity contribution in [2.45, 2.75) is 57.4 Å². The molecule has 122 valence electrons. The molecule has 0 aromatic carbocycles. The van der Waals surface area contributed by atoms with Crippen LogP contribution in [0.4, 0.5) is 4.79 Å². The predicted molar refractivity (Wildman–Crippen MR) is 80.3 cm³/mol. The van der Waals surface area contributed by atoms with Crippen LogP contribution < -0.4 is 5.32 Å². The molecule has 2 N–H and O–H groups in total. The molecule has 0 radical (unpaired) electrons. The van der Waals surface area contributed by atoms with Gasteiger partial charge in [-0.15, -0.1) is 0 Å². The largest absolute Gasteiger partial charge is 0.481 e. The molecule has 0 unspecified atom stereocenters. The highest BCUT2D eigenvalue weighted by Crippen LogP contribution is 2.35. The molecule has 0 heterocycles. The number of carboxylic acid groups (broad SMARTS) is 1. The van der Waals surface area contributed by atoms with E-state index in [0.29, 0.717) is 19.8 Å². The van der Waals surface area contributed by atoms with Crippen LogP contribution in [-0.2, 0) is 9.53 Å². The maximum absolute atomic E-state index is 12.2. The maximum Gasteiger partial charge on any atom is 0.317 e. The van der Waals surface area contributed by atoms with Crippen molar-refractivity contribution in [2.75, 3.05) is 26.8 Å². The summed E-state index contributed by atoms with van der Waals surface area (Å²) in [5.74, 6) is -0.840. The fraction of sp³-hybridized carbons (Fsp3) is 0.867. The average molecular weight is 300 g/mol. The Morgan fingerprint density at radius 1 is 1.29 bits per heavy atom. The van der Waals surface area contributed by atoms with Gasteiger partial charge in [0, 0.05) is 26.8 Å². The summed E-state index contributed by atoms with van der Waals surface area (Å²) in [5, 5.41) is 12.0. The lowest BCUT2D eigenvalue weighted by Crippen LogP contribution is -2.55. The van der Waals surface area contributed by atoms with E-state index in [-0.39, 0.29) is 12.5 Å². The smallest absolute Gasteiger partial charge is 0.317 e. The standard InChI is InChI=1S/C15H28N2O4/c1-3-21-11-7-10-16-14(20)17(2)15(12-13(18)19)8-5-4-6-9-15/h3-12H2,1-2H3,(H,16,20)(H,18,19). The molecule has 1 aliphatic rings. The molecule has 0 saturated heterocycles. The van der Waals surface area contributed by atoms with Crippen molar-refractivity contribution in [2.24, 2.45) is 0 Å².